The van der Waals surface area contributed by atoms with Gasteiger partial charge in [0.15, 0.2) is 0 Å². The lowest BCUT2D eigenvalue weighted by Crippen LogP contribution is -1.95. The summed E-state index contributed by atoms with van der Waals surface area (Å²) in [4.78, 5) is 13.8. The lowest BCUT2D eigenvalue weighted by atomic mass is 10.3. The number of pyridine rings is 1. The Morgan fingerprint density at radius 3 is 2.73 bits per heavy atom. The maximum absolute atomic E-state index is 10.3. The molecule has 0 amide bonds. The summed E-state index contributed by atoms with van der Waals surface area (Å²) in [5, 5.41) is 11.2. The molecule has 5 nitrogen and oxygen atoms in total. The normalized spacial score (nSPS) is 9.09. The monoisotopic (exact) mass is 150 g/mol. The van der Waals surface area contributed by atoms with E-state index in [0.29, 0.717) is 0 Å². The first-order valence-electron chi connectivity index (χ1n) is 2.78. The van der Waals surface area contributed by atoms with Crippen LogP contribution < -0.4 is 0 Å². The van der Waals surface area contributed by atoms with Gasteiger partial charge in [-0.1, -0.05) is 0 Å². The minimum absolute atomic E-state index is 0.0670. The second-order valence-corrected chi connectivity index (χ2v) is 1.81. The van der Waals surface area contributed by atoms with Gasteiger partial charge < -0.3 is 15.8 Å². The maximum Gasteiger partial charge on any atom is 0.337 e. The summed E-state index contributed by atoms with van der Waals surface area (Å²) in [7, 11) is 0. The minimum Gasteiger partial charge on any atom is -0.705 e. The molecule has 56 valence electrons. The summed E-state index contributed by atoms with van der Waals surface area (Å²) in [5.74, 6) is -0.961. The van der Waals surface area contributed by atoms with E-state index in [-0.39, 0.29) is 11.4 Å². The molecule has 0 saturated heterocycles. The van der Waals surface area contributed by atoms with Crippen LogP contribution in [0.3, 0.4) is 0 Å². The van der Waals surface area contributed by atoms with Crippen molar-refractivity contribution < 1.29 is 9.90 Å². The zero-order valence-corrected chi connectivity index (χ0v) is 5.43. The highest BCUT2D eigenvalue weighted by Gasteiger charge is 2.00. The molecule has 0 saturated carbocycles. The Kier molecular flexibility index (Phi) is 1.91. The lowest BCUT2D eigenvalue weighted by Gasteiger charge is -1.95. The Hall–Kier alpha value is -1.78. The van der Waals surface area contributed by atoms with E-state index < -0.39 is 5.97 Å². The minimum atomic E-state index is -1.05. The molecule has 0 unspecified atom stereocenters. The van der Waals surface area contributed by atoms with Gasteiger partial charge in [-0.3, -0.25) is 0 Å². The van der Waals surface area contributed by atoms with Crippen LogP contribution in [-0.2, 0) is 0 Å². The second kappa shape index (κ2) is 2.87. The van der Waals surface area contributed by atoms with Crippen LogP contribution in [0.2, 0.25) is 0 Å². The molecule has 0 aliphatic carbocycles. The largest absolute Gasteiger partial charge is 0.705 e. The Morgan fingerprint density at radius 2 is 2.36 bits per heavy atom. The molecule has 0 aliphatic heterocycles. The molecule has 0 aromatic carbocycles. The van der Waals surface area contributed by atoms with Gasteiger partial charge in [0.05, 0.1) is 5.56 Å². The SMILES string of the molecule is [N-]=Nc1ccc(C(=O)O)cn1. The Morgan fingerprint density at radius 1 is 1.64 bits per heavy atom. The van der Waals surface area contributed by atoms with Crippen LogP contribution in [0.4, 0.5) is 5.82 Å². The third-order valence-electron chi connectivity index (χ3n) is 1.10. The Labute approximate surface area is 62.2 Å². The van der Waals surface area contributed by atoms with Crippen molar-refractivity contribution in [1.29, 1.82) is 0 Å². The van der Waals surface area contributed by atoms with Gasteiger partial charge in [0.25, 0.3) is 0 Å². The van der Waals surface area contributed by atoms with Crippen LogP contribution in [0.25, 0.3) is 5.53 Å². The number of hydrogen-bond donors (Lipinski definition) is 1. The summed E-state index contributed by atoms with van der Waals surface area (Å²) >= 11 is 0. The first-order chi connectivity index (χ1) is 5.24. The zero-order valence-electron chi connectivity index (χ0n) is 5.43. The van der Waals surface area contributed by atoms with Crippen LogP contribution in [-0.4, -0.2) is 16.1 Å². The highest BCUT2D eigenvalue weighted by molar-refractivity contribution is 5.87. The Bertz CT molecular complexity index is 280. The van der Waals surface area contributed by atoms with E-state index >= 15 is 0 Å². The number of hydrogen-bond acceptors (Lipinski definition) is 3. The highest BCUT2D eigenvalue weighted by atomic mass is 16.4. The number of aromatic nitrogens is 1. The van der Waals surface area contributed by atoms with E-state index in [2.05, 4.69) is 10.1 Å². The third-order valence-corrected chi connectivity index (χ3v) is 1.10. The van der Waals surface area contributed by atoms with Gasteiger partial charge in [-0.05, 0) is 12.1 Å². The van der Waals surface area contributed by atoms with Crippen LogP contribution >= 0.6 is 0 Å². The molecule has 0 fully saturated rings. The number of rotatable bonds is 2. The molecule has 0 radical (unpaired) electrons. The van der Waals surface area contributed by atoms with Crippen molar-refractivity contribution in [3.63, 3.8) is 0 Å². The average molecular weight is 150 g/mol. The predicted octanol–water partition coefficient (Wildman–Crippen LogP) is 1.43. The van der Waals surface area contributed by atoms with Gasteiger partial charge in [-0.15, -0.1) is 0 Å². The first-order valence-corrected chi connectivity index (χ1v) is 2.78. The standard InChI is InChI=1S/C6H4N3O2/c7-9-5-2-1-4(3-8-5)6(10)11/h1-3H,(H,10,11)/q-1. The second-order valence-electron chi connectivity index (χ2n) is 1.81. The number of carboxylic acids is 1. The van der Waals surface area contributed by atoms with Crippen molar-refractivity contribution in [2.24, 2.45) is 5.11 Å². The average Bonchev–Trinajstić information content (AvgIpc) is 2.05. The van der Waals surface area contributed by atoms with E-state index in [9.17, 15) is 4.79 Å². The van der Waals surface area contributed by atoms with E-state index in [0.717, 1.165) is 6.20 Å². The molecule has 11 heavy (non-hydrogen) atoms. The van der Waals surface area contributed by atoms with Crippen molar-refractivity contribution in [3.05, 3.63) is 29.4 Å². The van der Waals surface area contributed by atoms with E-state index in [1.54, 1.807) is 0 Å². The third kappa shape index (κ3) is 1.57. The summed E-state index contributed by atoms with van der Waals surface area (Å²) < 4.78 is 0. The summed E-state index contributed by atoms with van der Waals surface area (Å²) in [5.41, 5.74) is 8.25. The first kappa shape index (κ1) is 7.33. The van der Waals surface area contributed by atoms with Gasteiger partial charge >= 0.3 is 5.97 Å². The fourth-order valence-corrected chi connectivity index (χ4v) is 0.572. The van der Waals surface area contributed by atoms with Crippen LogP contribution in [0.15, 0.2) is 23.4 Å². The fraction of sp³-hybridized carbons (Fsp3) is 0. The van der Waals surface area contributed by atoms with Crippen LogP contribution in [0.5, 0.6) is 0 Å². The topological polar surface area (TPSA) is 84.8 Å². The number of carbonyl (C=O) groups is 1. The van der Waals surface area contributed by atoms with Crippen molar-refractivity contribution in [2.75, 3.05) is 0 Å². The molecule has 1 heterocycles. The molecule has 0 bridgehead atoms. The molecule has 1 aromatic rings. The molecular formula is C6H4N3O2-. The number of nitrogens with zero attached hydrogens (tertiary/aromatic N) is 3. The summed E-state index contributed by atoms with van der Waals surface area (Å²) in [6.07, 6.45) is 1.12. The van der Waals surface area contributed by atoms with Gasteiger partial charge in [0.1, 0.15) is 5.82 Å². The summed E-state index contributed by atoms with van der Waals surface area (Å²) in [6.45, 7) is 0. The lowest BCUT2D eigenvalue weighted by molar-refractivity contribution is 0.0696. The predicted molar refractivity (Wildman–Crippen MR) is 36.6 cm³/mol. The van der Waals surface area contributed by atoms with Crippen molar-refractivity contribution in [2.45, 2.75) is 0 Å². The molecular weight excluding hydrogens is 146 g/mol. The Balaban J connectivity index is 3.00. The highest BCUT2D eigenvalue weighted by Crippen LogP contribution is 2.07. The van der Waals surface area contributed by atoms with E-state index in [4.69, 9.17) is 10.6 Å². The summed E-state index contributed by atoms with van der Waals surface area (Å²) in [6, 6.07) is 2.62. The van der Waals surface area contributed by atoms with E-state index in [1.807, 2.05) is 0 Å². The van der Waals surface area contributed by atoms with Crippen LogP contribution in [0, 0.1) is 0 Å². The molecule has 0 atom stereocenters. The molecule has 0 aliphatic rings. The quantitative estimate of drug-likeness (QED) is 0.647. The molecule has 0 spiro atoms. The zero-order chi connectivity index (χ0) is 8.27. The fourth-order valence-electron chi connectivity index (χ4n) is 0.572. The van der Waals surface area contributed by atoms with Gasteiger partial charge in [0, 0.05) is 6.20 Å². The molecule has 1 rings (SSSR count). The smallest absolute Gasteiger partial charge is 0.337 e. The van der Waals surface area contributed by atoms with Crippen molar-refractivity contribution in [1.82, 2.24) is 4.98 Å². The number of aromatic carboxylic acids is 1. The van der Waals surface area contributed by atoms with Gasteiger partial charge in [-0.25, -0.2) is 9.78 Å². The maximum atomic E-state index is 10.3. The van der Waals surface area contributed by atoms with E-state index in [1.165, 1.54) is 12.1 Å². The molecule has 1 N–H and O–H groups in total. The van der Waals surface area contributed by atoms with Crippen molar-refractivity contribution in [3.8, 4) is 0 Å². The van der Waals surface area contributed by atoms with Gasteiger partial charge in [0.2, 0.25) is 0 Å². The molecule has 5 heteroatoms. The molecule has 1 aromatic heterocycles. The van der Waals surface area contributed by atoms with Gasteiger partial charge in [-0.2, -0.15) is 0 Å². The van der Waals surface area contributed by atoms with Crippen molar-refractivity contribution >= 4 is 11.8 Å². The van der Waals surface area contributed by atoms with Crippen LogP contribution in [0.1, 0.15) is 10.4 Å². The number of carboxylic acid groups (broad SMARTS) is 1.